The third-order valence-corrected chi connectivity index (χ3v) is 4.55. The zero-order chi connectivity index (χ0) is 15.1. The van der Waals surface area contributed by atoms with Gasteiger partial charge in [0.15, 0.2) is 5.82 Å². The molecule has 3 rings (SSSR count). The summed E-state index contributed by atoms with van der Waals surface area (Å²) in [7, 11) is 1.55. The van der Waals surface area contributed by atoms with E-state index in [1.54, 1.807) is 7.11 Å². The second kappa shape index (κ2) is 5.15. The highest BCUT2D eigenvalue weighted by atomic mass is 32.2. The Morgan fingerprint density at radius 3 is 3.00 bits per heavy atom. The number of phenols is 1. The van der Waals surface area contributed by atoms with E-state index in [9.17, 15) is 18.5 Å². The van der Waals surface area contributed by atoms with Crippen LogP contribution in [0.2, 0.25) is 0 Å². The van der Waals surface area contributed by atoms with E-state index in [2.05, 4.69) is 10.0 Å². The van der Waals surface area contributed by atoms with Gasteiger partial charge in [0, 0.05) is 24.4 Å². The van der Waals surface area contributed by atoms with E-state index in [1.165, 1.54) is 6.07 Å². The van der Waals surface area contributed by atoms with Gasteiger partial charge in [-0.05, 0) is 6.42 Å². The molecule has 7 nitrogen and oxygen atoms in total. The highest BCUT2D eigenvalue weighted by Crippen LogP contribution is 2.41. The Labute approximate surface area is 122 Å². The van der Waals surface area contributed by atoms with Crippen LogP contribution in [0.4, 0.5) is 15.8 Å². The molecule has 1 saturated heterocycles. The normalized spacial score (nSPS) is 23.9. The number of nitrogens with one attached hydrogen (secondary N) is 2. The van der Waals surface area contributed by atoms with Crippen LogP contribution in [0.15, 0.2) is 6.07 Å². The van der Waals surface area contributed by atoms with Crippen molar-refractivity contribution in [1.29, 1.82) is 0 Å². The maximum absolute atomic E-state index is 14.6. The minimum absolute atomic E-state index is 0.0852. The molecule has 0 aliphatic carbocycles. The van der Waals surface area contributed by atoms with Crippen LogP contribution < -0.4 is 14.3 Å². The van der Waals surface area contributed by atoms with E-state index in [-0.39, 0.29) is 24.0 Å². The van der Waals surface area contributed by atoms with Gasteiger partial charge in [-0.3, -0.25) is 13.8 Å². The molecule has 21 heavy (non-hydrogen) atoms. The molecule has 2 aliphatic rings. The molecule has 1 aromatic rings. The van der Waals surface area contributed by atoms with E-state index in [0.29, 0.717) is 24.3 Å². The highest BCUT2D eigenvalue weighted by molar-refractivity contribution is 7.85. The van der Waals surface area contributed by atoms with Gasteiger partial charge >= 0.3 is 0 Å². The molecule has 9 heteroatoms. The van der Waals surface area contributed by atoms with Gasteiger partial charge < -0.3 is 15.2 Å². The average Bonchev–Trinajstić information content (AvgIpc) is 2.94. The largest absolute Gasteiger partial charge is 0.506 e. The zero-order valence-corrected chi connectivity index (χ0v) is 12.0. The molecule has 2 heterocycles. The van der Waals surface area contributed by atoms with Crippen molar-refractivity contribution >= 4 is 28.5 Å². The summed E-state index contributed by atoms with van der Waals surface area (Å²) in [5.74, 6) is -1.51. The lowest BCUT2D eigenvalue weighted by Crippen LogP contribution is -2.24. The molecule has 1 fully saturated rings. The summed E-state index contributed by atoms with van der Waals surface area (Å²) < 4.78 is 34.6. The van der Waals surface area contributed by atoms with Crippen LogP contribution in [0, 0.1) is 5.82 Å². The fraction of sp³-hybridized carbons (Fsp3) is 0.417. The first kappa shape index (κ1) is 14.1. The lowest BCUT2D eigenvalue weighted by Gasteiger charge is -2.17. The molecule has 114 valence electrons. The molecule has 0 bridgehead atoms. The van der Waals surface area contributed by atoms with Crippen molar-refractivity contribution in [2.75, 3.05) is 29.9 Å². The molecule has 2 unspecified atom stereocenters. The number of carbonyl (C=O) groups is 1. The van der Waals surface area contributed by atoms with Gasteiger partial charge in [-0.2, -0.15) is 0 Å². The number of amides is 1. The van der Waals surface area contributed by atoms with Crippen molar-refractivity contribution in [3.63, 3.8) is 0 Å². The number of rotatable bonds is 3. The lowest BCUT2D eigenvalue weighted by atomic mass is 10.1. The van der Waals surface area contributed by atoms with Gasteiger partial charge in [-0.15, -0.1) is 0 Å². The summed E-state index contributed by atoms with van der Waals surface area (Å²) in [5.41, 5.74) is 0.659. The van der Waals surface area contributed by atoms with Crippen molar-refractivity contribution in [2.45, 2.75) is 12.5 Å². The number of hydrogen-bond acceptors (Lipinski definition) is 5. The second-order valence-corrected chi connectivity index (χ2v) is 6.04. The Bertz CT molecular complexity index is 639. The Morgan fingerprint density at radius 2 is 2.38 bits per heavy atom. The number of ether oxygens (including phenoxy) is 1. The summed E-state index contributed by atoms with van der Waals surface area (Å²) in [4.78, 5) is 11.3. The summed E-state index contributed by atoms with van der Waals surface area (Å²) >= 11 is -1.88. The third-order valence-electron chi connectivity index (χ3n) is 3.44. The van der Waals surface area contributed by atoms with Crippen LogP contribution in [0.25, 0.3) is 0 Å². The van der Waals surface area contributed by atoms with Crippen LogP contribution in [-0.2, 0) is 27.1 Å². The Kier molecular flexibility index (Phi) is 3.46. The molecule has 3 N–H and O–H groups in total. The zero-order valence-electron chi connectivity index (χ0n) is 11.2. The van der Waals surface area contributed by atoms with E-state index in [1.807, 2.05) is 0 Å². The van der Waals surface area contributed by atoms with Gasteiger partial charge in [-0.1, -0.05) is 0 Å². The quantitative estimate of drug-likeness (QED) is 0.732. The Hall–Kier alpha value is -1.87. The fourth-order valence-electron chi connectivity index (χ4n) is 2.59. The van der Waals surface area contributed by atoms with Crippen molar-refractivity contribution in [3.05, 3.63) is 17.4 Å². The van der Waals surface area contributed by atoms with Crippen molar-refractivity contribution in [1.82, 2.24) is 4.72 Å². The number of aromatic hydroxyl groups is 1. The molecule has 2 aliphatic heterocycles. The van der Waals surface area contributed by atoms with E-state index >= 15 is 0 Å². The molecule has 0 aromatic heterocycles. The standard InChI is InChI=1S/C12H14FN3O4S/c1-20-5-6-2-7-8(14-6)3-9(17)12(11(7)13)16-4-10(18)15-21(16)19/h3,6,14,17H,2,4-5H2,1H3,(H,15,18). The van der Waals surface area contributed by atoms with Crippen LogP contribution in [0.3, 0.4) is 0 Å². The number of fused-ring (bicyclic) bond motifs is 1. The summed E-state index contributed by atoms with van der Waals surface area (Å²) in [5, 5.41) is 13.1. The van der Waals surface area contributed by atoms with Crippen LogP contribution in [0.1, 0.15) is 5.56 Å². The maximum atomic E-state index is 14.6. The predicted molar refractivity (Wildman–Crippen MR) is 74.7 cm³/mol. The number of nitrogens with zero attached hydrogens (tertiary/aromatic N) is 1. The Morgan fingerprint density at radius 1 is 1.62 bits per heavy atom. The number of halogens is 1. The monoisotopic (exact) mass is 315 g/mol. The molecule has 1 aromatic carbocycles. The van der Waals surface area contributed by atoms with Gasteiger partial charge in [0.25, 0.3) is 5.91 Å². The maximum Gasteiger partial charge on any atom is 0.253 e. The average molecular weight is 315 g/mol. The molecular weight excluding hydrogens is 301 g/mol. The van der Waals surface area contributed by atoms with Gasteiger partial charge in [0.05, 0.1) is 12.6 Å². The number of anilines is 2. The first-order valence-corrected chi connectivity index (χ1v) is 7.40. The molecule has 0 saturated carbocycles. The second-order valence-electron chi connectivity index (χ2n) is 4.90. The summed E-state index contributed by atoms with van der Waals surface area (Å²) in [6.45, 7) is 0.144. The molecule has 0 radical (unpaired) electrons. The lowest BCUT2D eigenvalue weighted by molar-refractivity contribution is -0.117. The number of benzene rings is 1. The smallest absolute Gasteiger partial charge is 0.253 e. The minimum Gasteiger partial charge on any atom is -0.506 e. The third kappa shape index (κ3) is 2.32. The van der Waals surface area contributed by atoms with E-state index in [4.69, 9.17) is 4.74 Å². The van der Waals surface area contributed by atoms with E-state index < -0.39 is 22.9 Å². The van der Waals surface area contributed by atoms with Crippen molar-refractivity contribution in [3.8, 4) is 5.75 Å². The SMILES string of the molecule is COCC1Cc2c(cc(O)c(N3CC(=O)NS3=O)c2F)N1. The highest BCUT2D eigenvalue weighted by Gasteiger charge is 2.35. The molecule has 2 atom stereocenters. The molecular formula is C12H14FN3O4S. The summed E-state index contributed by atoms with van der Waals surface area (Å²) in [6.07, 6.45) is 0.393. The predicted octanol–water partition coefficient (Wildman–Crippen LogP) is 0.0292. The summed E-state index contributed by atoms with van der Waals surface area (Å²) in [6, 6.07) is 1.29. The van der Waals surface area contributed by atoms with Gasteiger partial charge in [0.1, 0.15) is 18.0 Å². The van der Waals surface area contributed by atoms with Crippen LogP contribution >= 0.6 is 0 Å². The first-order chi connectivity index (χ1) is 10.0. The number of methoxy groups -OCH3 is 1. The van der Waals surface area contributed by atoms with Gasteiger partial charge in [-0.25, -0.2) is 8.60 Å². The fourth-order valence-corrected chi connectivity index (χ4v) is 3.53. The van der Waals surface area contributed by atoms with Gasteiger partial charge in [0.2, 0.25) is 11.2 Å². The van der Waals surface area contributed by atoms with Crippen LogP contribution in [0.5, 0.6) is 5.75 Å². The van der Waals surface area contributed by atoms with Crippen molar-refractivity contribution in [2.24, 2.45) is 0 Å². The topological polar surface area (TPSA) is 90.9 Å². The van der Waals surface area contributed by atoms with Crippen LogP contribution in [-0.4, -0.2) is 41.5 Å². The Balaban J connectivity index is 1.99. The number of hydrogen-bond donors (Lipinski definition) is 3. The minimum atomic E-state index is -1.88. The molecule has 0 spiro atoms. The van der Waals surface area contributed by atoms with Crippen molar-refractivity contribution < 1.29 is 23.2 Å². The van der Waals surface area contributed by atoms with E-state index in [0.717, 1.165) is 4.31 Å². The first-order valence-electron chi connectivity index (χ1n) is 6.30. The number of carbonyl (C=O) groups excluding carboxylic acids is 1. The number of phenolic OH excluding ortho intramolecular Hbond substituents is 1. The molecule has 1 amide bonds.